The van der Waals surface area contributed by atoms with Gasteiger partial charge in [0.2, 0.25) is 0 Å². The summed E-state index contributed by atoms with van der Waals surface area (Å²) in [5.74, 6) is 0. The molecule has 0 radical (unpaired) electrons. The average Bonchev–Trinajstić information content (AvgIpc) is 2.49. The summed E-state index contributed by atoms with van der Waals surface area (Å²) in [6.07, 6.45) is 3.01. The van der Waals surface area contributed by atoms with Gasteiger partial charge in [-0.2, -0.15) is 0 Å². The molecule has 2 atom stereocenters. The number of likely N-dealkylation sites (tertiary alicyclic amines) is 1. The number of rotatable bonds is 5. The maximum atomic E-state index is 10.7. The van der Waals surface area contributed by atoms with Gasteiger partial charge in [-0.25, -0.2) is 0 Å². The first-order chi connectivity index (χ1) is 9.63. The Morgan fingerprint density at radius 2 is 1.80 bits per heavy atom. The minimum atomic E-state index is -0.378. The minimum absolute atomic E-state index is 0.237. The molecule has 1 saturated heterocycles. The Hall–Kier alpha value is -0.900. The highest BCUT2D eigenvalue weighted by atomic mass is 16.3. The Morgan fingerprint density at radius 3 is 2.30 bits per heavy atom. The van der Waals surface area contributed by atoms with E-state index in [1.807, 2.05) is 30.3 Å². The van der Waals surface area contributed by atoms with Gasteiger partial charge < -0.3 is 10.0 Å². The molecule has 1 aromatic rings. The van der Waals surface area contributed by atoms with Crippen LogP contribution in [0.3, 0.4) is 0 Å². The lowest BCUT2D eigenvalue weighted by molar-refractivity contribution is 0.0213. The summed E-state index contributed by atoms with van der Waals surface area (Å²) in [4.78, 5) is 4.80. The quantitative estimate of drug-likeness (QED) is 0.895. The van der Waals surface area contributed by atoms with Crippen LogP contribution in [0.1, 0.15) is 37.9 Å². The second-order valence-electron chi connectivity index (χ2n) is 6.06. The molecule has 20 heavy (non-hydrogen) atoms. The van der Waals surface area contributed by atoms with E-state index in [0.717, 1.165) is 25.1 Å². The maximum Gasteiger partial charge on any atom is 0.0945 e. The van der Waals surface area contributed by atoms with Crippen molar-refractivity contribution in [2.75, 3.05) is 27.2 Å². The van der Waals surface area contributed by atoms with Crippen molar-refractivity contribution in [3.8, 4) is 0 Å². The van der Waals surface area contributed by atoms with Gasteiger partial charge in [0.05, 0.1) is 6.10 Å². The number of aliphatic hydroxyl groups excluding tert-OH is 1. The average molecular weight is 276 g/mol. The van der Waals surface area contributed by atoms with Gasteiger partial charge in [-0.3, -0.25) is 4.90 Å². The normalized spacial score (nSPS) is 21.1. The van der Waals surface area contributed by atoms with Crippen LogP contribution in [0.4, 0.5) is 0 Å². The van der Waals surface area contributed by atoms with E-state index in [-0.39, 0.29) is 12.1 Å². The van der Waals surface area contributed by atoms with Gasteiger partial charge >= 0.3 is 0 Å². The van der Waals surface area contributed by atoms with Crippen LogP contribution in [-0.4, -0.2) is 54.2 Å². The molecule has 1 aliphatic rings. The monoisotopic (exact) mass is 276 g/mol. The molecular weight excluding hydrogens is 248 g/mol. The number of aliphatic hydroxyl groups is 1. The second-order valence-corrected chi connectivity index (χ2v) is 6.06. The van der Waals surface area contributed by atoms with Crippen LogP contribution >= 0.6 is 0 Å². The van der Waals surface area contributed by atoms with Gasteiger partial charge in [-0.15, -0.1) is 0 Å². The molecule has 2 unspecified atom stereocenters. The fourth-order valence-corrected chi connectivity index (χ4v) is 3.29. The van der Waals surface area contributed by atoms with Gasteiger partial charge in [0, 0.05) is 25.2 Å². The third-order valence-electron chi connectivity index (χ3n) is 4.62. The molecule has 0 saturated carbocycles. The highest BCUT2D eigenvalue weighted by Crippen LogP contribution is 2.26. The highest BCUT2D eigenvalue weighted by Gasteiger charge is 2.29. The Kier molecular flexibility index (Phi) is 5.58. The van der Waals surface area contributed by atoms with Crippen molar-refractivity contribution in [2.45, 2.75) is 44.4 Å². The summed E-state index contributed by atoms with van der Waals surface area (Å²) in [5.41, 5.74) is 1.04. The van der Waals surface area contributed by atoms with E-state index in [1.165, 1.54) is 12.8 Å². The van der Waals surface area contributed by atoms with Crippen molar-refractivity contribution >= 4 is 0 Å². The van der Waals surface area contributed by atoms with E-state index < -0.39 is 0 Å². The predicted octanol–water partition coefficient (Wildman–Crippen LogP) is 2.52. The topological polar surface area (TPSA) is 26.7 Å². The SMILES string of the molecule is CCC(C(O)c1ccccc1)N1CCC(N(C)C)CC1. The summed E-state index contributed by atoms with van der Waals surface area (Å²) >= 11 is 0. The number of hydrogen-bond donors (Lipinski definition) is 1. The van der Waals surface area contributed by atoms with Crippen LogP contribution in [0.2, 0.25) is 0 Å². The van der Waals surface area contributed by atoms with Gasteiger partial charge in [0.1, 0.15) is 0 Å². The molecule has 0 amide bonds. The van der Waals surface area contributed by atoms with Crippen LogP contribution in [0.15, 0.2) is 30.3 Å². The molecule has 2 rings (SSSR count). The standard InChI is InChI=1S/C17H28N2O/c1-4-16(17(20)14-8-6-5-7-9-14)19-12-10-15(11-13-19)18(2)3/h5-9,15-17,20H,4,10-13H2,1-3H3. The minimum Gasteiger partial charge on any atom is -0.387 e. The molecule has 1 fully saturated rings. The smallest absolute Gasteiger partial charge is 0.0945 e. The van der Waals surface area contributed by atoms with E-state index in [0.29, 0.717) is 6.04 Å². The van der Waals surface area contributed by atoms with Crippen molar-refractivity contribution in [2.24, 2.45) is 0 Å². The Bertz CT molecular complexity index is 385. The molecule has 0 aromatic heterocycles. The van der Waals surface area contributed by atoms with Gasteiger partial charge in [0.15, 0.2) is 0 Å². The molecule has 3 heteroatoms. The Morgan fingerprint density at radius 1 is 1.20 bits per heavy atom. The summed E-state index contributed by atoms with van der Waals surface area (Å²) in [5, 5.41) is 10.7. The van der Waals surface area contributed by atoms with Crippen LogP contribution in [-0.2, 0) is 0 Å². The van der Waals surface area contributed by atoms with Crippen molar-refractivity contribution < 1.29 is 5.11 Å². The Labute approximate surface area is 123 Å². The first-order valence-electron chi connectivity index (χ1n) is 7.77. The lowest BCUT2D eigenvalue weighted by Crippen LogP contribution is -2.48. The molecule has 1 aromatic carbocycles. The van der Waals surface area contributed by atoms with Gasteiger partial charge in [-0.05, 0) is 38.9 Å². The molecule has 0 bridgehead atoms. The zero-order chi connectivity index (χ0) is 14.5. The van der Waals surface area contributed by atoms with Crippen LogP contribution in [0.25, 0.3) is 0 Å². The van der Waals surface area contributed by atoms with Gasteiger partial charge in [-0.1, -0.05) is 37.3 Å². The van der Waals surface area contributed by atoms with E-state index in [4.69, 9.17) is 0 Å². The molecule has 1 heterocycles. The number of nitrogens with zero attached hydrogens (tertiary/aromatic N) is 2. The van der Waals surface area contributed by atoms with Crippen molar-refractivity contribution in [1.82, 2.24) is 9.80 Å². The maximum absolute atomic E-state index is 10.7. The molecular formula is C17H28N2O. The predicted molar refractivity (Wildman–Crippen MR) is 83.8 cm³/mol. The summed E-state index contributed by atoms with van der Waals surface area (Å²) in [6.45, 7) is 4.35. The van der Waals surface area contributed by atoms with Crippen LogP contribution in [0, 0.1) is 0 Å². The number of hydrogen-bond acceptors (Lipinski definition) is 3. The van der Waals surface area contributed by atoms with E-state index >= 15 is 0 Å². The Balaban J connectivity index is 1.99. The molecule has 0 spiro atoms. The zero-order valence-electron chi connectivity index (χ0n) is 13.0. The third-order valence-corrected chi connectivity index (χ3v) is 4.62. The third kappa shape index (κ3) is 3.60. The van der Waals surface area contributed by atoms with Crippen molar-refractivity contribution in [3.63, 3.8) is 0 Å². The fourth-order valence-electron chi connectivity index (χ4n) is 3.29. The highest BCUT2D eigenvalue weighted by molar-refractivity contribution is 5.19. The lowest BCUT2D eigenvalue weighted by atomic mass is 9.95. The summed E-state index contributed by atoms with van der Waals surface area (Å²) in [6, 6.07) is 11.0. The van der Waals surface area contributed by atoms with Crippen molar-refractivity contribution in [1.29, 1.82) is 0 Å². The molecule has 3 nitrogen and oxygen atoms in total. The van der Waals surface area contributed by atoms with Crippen molar-refractivity contribution in [3.05, 3.63) is 35.9 Å². The van der Waals surface area contributed by atoms with Crippen LogP contribution in [0.5, 0.6) is 0 Å². The fraction of sp³-hybridized carbons (Fsp3) is 0.647. The molecule has 1 aliphatic heterocycles. The molecule has 0 aliphatic carbocycles. The van der Waals surface area contributed by atoms with E-state index in [2.05, 4.69) is 30.8 Å². The van der Waals surface area contributed by atoms with E-state index in [1.54, 1.807) is 0 Å². The summed E-state index contributed by atoms with van der Waals surface area (Å²) < 4.78 is 0. The lowest BCUT2D eigenvalue weighted by Gasteiger charge is -2.41. The first kappa shape index (κ1) is 15.5. The van der Waals surface area contributed by atoms with Gasteiger partial charge in [0.25, 0.3) is 0 Å². The van der Waals surface area contributed by atoms with Crippen LogP contribution < -0.4 is 0 Å². The summed E-state index contributed by atoms with van der Waals surface area (Å²) in [7, 11) is 4.33. The number of piperidine rings is 1. The van der Waals surface area contributed by atoms with E-state index in [9.17, 15) is 5.11 Å². The zero-order valence-corrected chi connectivity index (χ0v) is 13.0. The molecule has 112 valence electrons. The largest absolute Gasteiger partial charge is 0.387 e. The second kappa shape index (κ2) is 7.21. The first-order valence-corrected chi connectivity index (χ1v) is 7.77. The number of benzene rings is 1. The molecule has 1 N–H and O–H groups in total.